The Morgan fingerprint density at radius 2 is 1.78 bits per heavy atom. The number of carbonyl (C=O) groups is 1. The summed E-state index contributed by atoms with van der Waals surface area (Å²) < 4.78 is 69.4. The molecule has 4 nitrogen and oxygen atoms in total. The molecule has 32 heavy (non-hydrogen) atoms. The van der Waals surface area contributed by atoms with Crippen molar-refractivity contribution in [2.24, 2.45) is 0 Å². The van der Waals surface area contributed by atoms with Gasteiger partial charge in [-0.15, -0.1) is 0 Å². The maximum absolute atomic E-state index is 14.1. The van der Waals surface area contributed by atoms with Crippen LogP contribution >= 0.6 is 11.6 Å². The molecule has 0 saturated carbocycles. The highest BCUT2D eigenvalue weighted by Gasteiger charge is 2.46. The predicted octanol–water partition coefficient (Wildman–Crippen LogP) is 5.80. The molecule has 0 fully saturated rings. The summed E-state index contributed by atoms with van der Waals surface area (Å²) in [5.41, 5.74) is -0.976. The van der Waals surface area contributed by atoms with Gasteiger partial charge in [-0.2, -0.15) is 13.2 Å². The Kier molecular flexibility index (Phi) is 6.80. The molecule has 2 N–H and O–H groups in total. The fourth-order valence-corrected chi connectivity index (χ4v) is 3.79. The Hall–Kier alpha value is -3.04. The molecular formula is C22H15ClF5NO3. The lowest BCUT2D eigenvalue weighted by Crippen LogP contribution is -2.29. The van der Waals surface area contributed by atoms with Gasteiger partial charge in [0.1, 0.15) is 11.6 Å². The molecule has 2 unspecified atom stereocenters. The topological polar surface area (TPSA) is 70.4 Å². The summed E-state index contributed by atoms with van der Waals surface area (Å²) in [4.78, 5) is 15.1. The third kappa shape index (κ3) is 4.89. The number of halogens is 6. The zero-order valence-electron chi connectivity index (χ0n) is 16.1. The number of pyridine rings is 1. The summed E-state index contributed by atoms with van der Waals surface area (Å²) in [5, 5.41) is 18.6. The van der Waals surface area contributed by atoms with Crippen molar-refractivity contribution in [3.8, 4) is 11.3 Å². The maximum Gasteiger partial charge on any atom is 0.396 e. The van der Waals surface area contributed by atoms with E-state index in [0.717, 1.165) is 48.7 Å². The number of hydrogen-bond donors (Lipinski definition) is 2. The lowest BCUT2D eigenvalue weighted by molar-refractivity contribution is -0.158. The van der Waals surface area contributed by atoms with Gasteiger partial charge in [0, 0.05) is 22.7 Å². The molecule has 0 aliphatic carbocycles. The number of aliphatic hydroxyl groups excluding tert-OH is 1. The van der Waals surface area contributed by atoms with E-state index < -0.39 is 47.8 Å². The quantitative estimate of drug-likeness (QED) is 0.446. The van der Waals surface area contributed by atoms with Crippen molar-refractivity contribution in [2.45, 2.75) is 18.0 Å². The van der Waals surface area contributed by atoms with Gasteiger partial charge in [0.25, 0.3) is 0 Å². The van der Waals surface area contributed by atoms with Gasteiger partial charge in [-0.3, -0.25) is 4.98 Å². The van der Waals surface area contributed by atoms with Gasteiger partial charge >= 0.3 is 12.1 Å². The standard InChI is InChI=1S/C22H15ClF5NO3/c23-17-9-13(24)2-3-14(17)16(10-30)20(22(26,27)28)12-5-6-29-19(8-12)11-1-4-18(25)15(7-11)21(31)32/h1-9,16,20,30H,10H2,(H,31,32). The number of rotatable bonds is 6. The number of aromatic carboxylic acids is 1. The largest absolute Gasteiger partial charge is 0.478 e. The molecule has 0 spiro atoms. The summed E-state index contributed by atoms with van der Waals surface area (Å²) in [6.07, 6.45) is -3.74. The Morgan fingerprint density at radius 3 is 2.38 bits per heavy atom. The number of aromatic nitrogens is 1. The van der Waals surface area contributed by atoms with Crippen LogP contribution in [0, 0.1) is 11.6 Å². The smallest absolute Gasteiger partial charge is 0.396 e. The molecule has 2 atom stereocenters. The fraction of sp³-hybridized carbons (Fsp3) is 0.182. The molecule has 0 bridgehead atoms. The molecular weight excluding hydrogens is 457 g/mol. The first-order chi connectivity index (χ1) is 15.0. The minimum absolute atomic E-state index is 0.0267. The van der Waals surface area contributed by atoms with Crippen molar-refractivity contribution in [1.82, 2.24) is 4.98 Å². The summed E-state index contributed by atoms with van der Waals surface area (Å²) in [5.74, 6) is -7.08. The van der Waals surface area contributed by atoms with E-state index in [1.54, 1.807) is 0 Å². The zero-order valence-corrected chi connectivity index (χ0v) is 16.8. The van der Waals surface area contributed by atoms with Crippen LogP contribution in [0.1, 0.15) is 33.3 Å². The van der Waals surface area contributed by atoms with Gasteiger partial charge in [-0.25, -0.2) is 13.6 Å². The first-order valence-electron chi connectivity index (χ1n) is 9.14. The Labute approximate surface area is 183 Å². The van der Waals surface area contributed by atoms with Crippen LogP contribution in [0.2, 0.25) is 5.02 Å². The van der Waals surface area contributed by atoms with Crippen LogP contribution in [0.25, 0.3) is 11.3 Å². The van der Waals surface area contributed by atoms with Crippen molar-refractivity contribution >= 4 is 17.6 Å². The zero-order chi connectivity index (χ0) is 23.6. The highest BCUT2D eigenvalue weighted by atomic mass is 35.5. The van der Waals surface area contributed by atoms with E-state index in [1.165, 1.54) is 6.07 Å². The van der Waals surface area contributed by atoms with E-state index in [0.29, 0.717) is 0 Å². The summed E-state index contributed by atoms with van der Waals surface area (Å²) in [6, 6.07) is 8.10. The highest BCUT2D eigenvalue weighted by Crippen LogP contribution is 2.46. The molecule has 10 heteroatoms. The average molecular weight is 472 g/mol. The van der Waals surface area contributed by atoms with Crippen molar-refractivity contribution in [2.75, 3.05) is 6.61 Å². The lowest BCUT2D eigenvalue weighted by atomic mass is 9.81. The van der Waals surface area contributed by atoms with E-state index in [9.17, 15) is 31.9 Å². The van der Waals surface area contributed by atoms with E-state index in [1.807, 2.05) is 0 Å². The van der Waals surface area contributed by atoms with Crippen LogP contribution in [0.15, 0.2) is 54.7 Å². The van der Waals surface area contributed by atoms with Gasteiger partial charge < -0.3 is 10.2 Å². The molecule has 2 aromatic carbocycles. The van der Waals surface area contributed by atoms with Crippen LogP contribution in [-0.4, -0.2) is 33.9 Å². The third-order valence-corrected chi connectivity index (χ3v) is 5.28. The molecule has 1 aromatic heterocycles. The molecule has 0 amide bonds. The van der Waals surface area contributed by atoms with Gasteiger partial charge in [0.05, 0.1) is 23.8 Å². The minimum atomic E-state index is -4.83. The van der Waals surface area contributed by atoms with E-state index in [4.69, 9.17) is 16.7 Å². The fourth-order valence-electron chi connectivity index (χ4n) is 3.48. The number of carboxylic acid groups (broad SMARTS) is 1. The average Bonchev–Trinajstić information content (AvgIpc) is 2.71. The SMILES string of the molecule is O=C(O)c1cc(-c2cc(C(C(CO)c3ccc(F)cc3Cl)C(F)(F)F)ccn2)ccc1F. The van der Waals surface area contributed by atoms with Crippen molar-refractivity contribution in [3.05, 3.63) is 88.1 Å². The highest BCUT2D eigenvalue weighted by molar-refractivity contribution is 6.31. The Balaban J connectivity index is 2.12. The van der Waals surface area contributed by atoms with Crippen molar-refractivity contribution in [3.63, 3.8) is 0 Å². The summed E-state index contributed by atoms with van der Waals surface area (Å²) in [7, 11) is 0. The van der Waals surface area contributed by atoms with Crippen LogP contribution in [0.5, 0.6) is 0 Å². The van der Waals surface area contributed by atoms with E-state index >= 15 is 0 Å². The first kappa shape index (κ1) is 23.6. The molecule has 0 saturated heterocycles. The Bertz CT molecular complexity index is 1150. The molecule has 0 radical (unpaired) electrons. The number of aliphatic hydroxyl groups is 1. The lowest BCUT2D eigenvalue weighted by Gasteiger charge is -2.29. The van der Waals surface area contributed by atoms with Crippen LogP contribution < -0.4 is 0 Å². The molecule has 168 valence electrons. The normalized spacial score (nSPS) is 13.6. The molecule has 3 rings (SSSR count). The monoisotopic (exact) mass is 471 g/mol. The second-order valence-corrected chi connectivity index (χ2v) is 7.36. The summed E-state index contributed by atoms with van der Waals surface area (Å²) >= 11 is 5.95. The van der Waals surface area contributed by atoms with Crippen LogP contribution in [-0.2, 0) is 0 Å². The predicted molar refractivity (Wildman–Crippen MR) is 107 cm³/mol. The van der Waals surface area contributed by atoms with Gasteiger partial charge in [0.15, 0.2) is 0 Å². The number of benzene rings is 2. The summed E-state index contributed by atoms with van der Waals surface area (Å²) in [6.45, 7) is -0.938. The van der Waals surface area contributed by atoms with E-state index in [2.05, 4.69) is 4.98 Å². The van der Waals surface area contributed by atoms with Gasteiger partial charge in [-0.1, -0.05) is 17.7 Å². The molecule has 1 heterocycles. The molecule has 0 aliphatic heterocycles. The van der Waals surface area contributed by atoms with Crippen LogP contribution in [0.3, 0.4) is 0 Å². The Morgan fingerprint density at radius 1 is 1.06 bits per heavy atom. The first-order valence-corrected chi connectivity index (χ1v) is 9.52. The minimum Gasteiger partial charge on any atom is -0.478 e. The molecule has 0 aliphatic rings. The van der Waals surface area contributed by atoms with Gasteiger partial charge in [0.2, 0.25) is 0 Å². The van der Waals surface area contributed by atoms with E-state index in [-0.39, 0.29) is 27.4 Å². The van der Waals surface area contributed by atoms with Gasteiger partial charge in [-0.05, 0) is 53.6 Å². The second-order valence-electron chi connectivity index (χ2n) is 6.95. The number of hydrogen-bond acceptors (Lipinski definition) is 3. The third-order valence-electron chi connectivity index (χ3n) is 4.95. The maximum atomic E-state index is 14.1. The number of nitrogens with zero attached hydrogens (tertiary/aromatic N) is 1. The number of carboxylic acids is 1. The molecule has 3 aromatic rings. The second kappa shape index (κ2) is 9.22. The number of alkyl halides is 3. The van der Waals surface area contributed by atoms with Crippen molar-refractivity contribution in [1.29, 1.82) is 0 Å². The van der Waals surface area contributed by atoms with Crippen molar-refractivity contribution < 1.29 is 37.0 Å². The van der Waals surface area contributed by atoms with Crippen LogP contribution in [0.4, 0.5) is 22.0 Å².